The van der Waals surface area contributed by atoms with Crippen molar-refractivity contribution in [3.8, 4) is 5.69 Å². The second-order valence-electron chi connectivity index (χ2n) is 5.10. The van der Waals surface area contributed by atoms with Crippen LogP contribution in [0.3, 0.4) is 0 Å². The van der Waals surface area contributed by atoms with Gasteiger partial charge < -0.3 is 5.32 Å². The number of anilines is 2. The van der Waals surface area contributed by atoms with E-state index in [1.54, 1.807) is 0 Å². The Bertz CT molecular complexity index is 896. The van der Waals surface area contributed by atoms with E-state index < -0.39 is 0 Å². The van der Waals surface area contributed by atoms with Crippen molar-refractivity contribution < 1.29 is 0 Å². The van der Waals surface area contributed by atoms with Crippen LogP contribution in [0.4, 0.5) is 11.5 Å². The lowest BCUT2D eigenvalue weighted by molar-refractivity contribution is 0.915. The van der Waals surface area contributed by atoms with E-state index >= 15 is 0 Å². The summed E-state index contributed by atoms with van der Waals surface area (Å²) in [6.07, 6.45) is 0. The predicted molar refractivity (Wildman–Crippen MR) is 90.8 cm³/mol. The third-order valence-electron chi connectivity index (χ3n) is 3.62. The van der Waals surface area contributed by atoms with E-state index in [0.29, 0.717) is 0 Å². The van der Waals surface area contributed by atoms with Gasteiger partial charge in [-0.1, -0.05) is 48.5 Å². The van der Waals surface area contributed by atoms with E-state index in [2.05, 4.69) is 29.6 Å². The molecule has 0 radical (unpaired) electrons. The number of para-hydroxylation sites is 3. The van der Waals surface area contributed by atoms with Gasteiger partial charge >= 0.3 is 0 Å². The van der Waals surface area contributed by atoms with E-state index in [9.17, 15) is 0 Å². The molecule has 3 aromatic carbocycles. The van der Waals surface area contributed by atoms with Crippen LogP contribution in [-0.2, 0) is 0 Å². The Labute approximate surface area is 128 Å². The van der Waals surface area contributed by atoms with Gasteiger partial charge in [0.15, 0.2) is 5.82 Å². The summed E-state index contributed by atoms with van der Waals surface area (Å²) in [7, 11) is 0. The zero-order valence-electron chi connectivity index (χ0n) is 12.0. The molecule has 0 saturated heterocycles. The van der Waals surface area contributed by atoms with Gasteiger partial charge in [0.05, 0.1) is 11.2 Å². The molecule has 3 nitrogen and oxygen atoms in total. The molecule has 0 amide bonds. The predicted octanol–water partition coefficient (Wildman–Crippen LogP) is 4.77. The van der Waals surface area contributed by atoms with Crippen LogP contribution in [0.15, 0.2) is 84.9 Å². The number of rotatable bonds is 3. The van der Waals surface area contributed by atoms with Gasteiger partial charge in [-0.15, -0.1) is 5.10 Å². The largest absolute Gasteiger partial charge is 0.338 e. The molecule has 1 heterocycles. The molecule has 1 N–H and O–H groups in total. The summed E-state index contributed by atoms with van der Waals surface area (Å²) in [5.74, 6) is 0.866. The Morgan fingerprint density at radius 1 is 0.682 bits per heavy atom. The van der Waals surface area contributed by atoms with Crippen molar-refractivity contribution in [3.63, 3.8) is 0 Å². The maximum absolute atomic E-state index is 4.76. The fraction of sp³-hybridized carbons (Fsp3) is 0. The number of aromatic nitrogens is 2. The maximum atomic E-state index is 4.76. The van der Waals surface area contributed by atoms with Crippen molar-refractivity contribution >= 4 is 22.4 Å². The van der Waals surface area contributed by atoms with Gasteiger partial charge in [-0.3, -0.25) is 0 Å². The van der Waals surface area contributed by atoms with Crippen LogP contribution in [0.5, 0.6) is 0 Å². The normalized spacial score (nSPS) is 10.7. The van der Waals surface area contributed by atoms with Gasteiger partial charge in [0, 0.05) is 11.1 Å². The zero-order valence-corrected chi connectivity index (χ0v) is 12.0. The van der Waals surface area contributed by atoms with Crippen LogP contribution in [-0.4, -0.2) is 9.78 Å². The third kappa shape index (κ3) is 2.23. The second kappa shape index (κ2) is 5.37. The number of benzene rings is 3. The average Bonchev–Trinajstić information content (AvgIpc) is 2.96. The Morgan fingerprint density at radius 3 is 2.09 bits per heavy atom. The third-order valence-corrected chi connectivity index (χ3v) is 3.62. The molecular weight excluding hydrogens is 270 g/mol. The average molecular weight is 285 g/mol. The minimum atomic E-state index is 0.866. The number of nitrogens with one attached hydrogen (secondary N) is 1. The molecule has 1 aromatic heterocycles. The lowest BCUT2D eigenvalue weighted by Gasteiger charge is -2.03. The number of nitrogens with zero attached hydrogens (tertiary/aromatic N) is 2. The highest BCUT2D eigenvalue weighted by molar-refractivity contribution is 5.92. The van der Waals surface area contributed by atoms with Crippen LogP contribution < -0.4 is 5.32 Å². The minimum absolute atomic E-state index is 0.866. The fourth-order valence-corrected chi connectivity index (χ4v) is 2.58. The molecule has 0 fully saturated rings. The van der Waals surface area contributed by atoms with Crippen LogP contribution in [0, 0.1) is 0 Å². The van der Waals surface area contributed by atoms with Gasteiger partial charge in [-0.05, 0) is 36.4 Å². The van der Waals surface area contributed by atoms with E-state index in [4.69, 9.17) is 5.10 Å². The SMILES string of the molecule is c1ccc(Nc2nn(-c3ccccc3)c3ccccc23)cc1. The van der Waals surface area contributed by atoms with Crippen molar-refractivity contribution in [1.29, 1.82) is 0 Å². The summed E-state index contributed by atoms with van der Waals surface area (Å²) in [5.41, 5.74) is 3.18. The molecule has 0 aliphatic carbocycles. The zero-order chi connectivity index (χ0) is 14.8. The Morgan fingerprint density at radius 2 is 1.32 bits per heavy atom. The van der Waals surface area contributed by atoms with E-state index in [0.717, 1.165) is 28.1 Å². The lowest BCUT2D eigenvalue weighted by Crippen LogP contribution is -1.97. The van der Waals surface area contributed by atoms with Gasteiger partial charge in [0.25, 0.3) is 0 Å². The van der Waals surface area contributed by atoms with Crippen LogP contribution in [0.25, 0.3) is 16.6 Å². The first kappa shape index (κ1) is 12.7. The fourth-order valence-electron chi connectivity index (χ4n) is 2.58. The first-order chi connectivity index (χ1) is 10.9. The van der Waals surface area contributed by atoms with Crippen molar-refractivity contribution in [3.05, 3.63) is 84.9 Å². The first-order valence-electron chi connectivity index (χ1n) is 7.27. The van der Waals surface area contributed by atoms with Crippen molar-refractivity contribution in [2.24, 2.45) is 0 Å². The molecular formula is C19H15N3. The van der Waals surface area contributed by atoms with Crippen LogP contribution in [0.2, 0.25) is 0 Å². The maximum Gasteiger partial charge on any atom is 0.160 e. The van der Waals surface area contributed by atoms with E-state index in [1.807, 2.05) is 65.3 Å². The molecule has 22 heavy (non-hydrogen) atoms. The summed E-state index contributed by atoms with van der Waals surface area (Å²) in [6, 6.07) is 28.5. The van der Waals surface area contributed by atoms with Gasteiger partial charge in [0.1, 0.15) is 0 Å². The number of fused-ring (bicyclic) bond motifs is 1. The first-order valence-corrected chi connectivity index (χ1v) is 7.27. The van der Waals surface area contributed by atoms with E-state index in [-0.39, 0.29) is 0 Å². The van der Waals surface area contributed by atoms with Crippen LogP contribution in [0.1, 0.15) is 0 Å². The quantitative estimate of drug-likeness (QED) is 0.587. The number of hydrogen-bond acceptors (Lipinski definition) is 2. The van der Waals surface area contributed by atoms with Gasteiger partial charge in [0.2, 0.25) is 0 Å². The summed E-state index contributed by atoms with van der Waals surface area (Å²) in [4.78, 5) is 0. The topological polar surface area (TPSA) is 29.9 Å². The minimum Gasteiger partial charge on any atom is -0.338 e. The smallest absolute Gasteiger partial charge is 0.160 e. The van der Waals surface area contributed by atoms with E-state index in [1.165, 1.54) is 0 Å². The molecule has 0 aliphatic heterocycles. The standard InChI is InChI=1S/C19H15N3/c1-3-9-15(10-4-1)20-19-17-13-7-8-14-18(17)22(21-19)16-11-5-2-6-12-16/h1-14H,(H,20,21). The summed E-state index contributed by atoms with van der Waals surface area (Å²) >= 11 is 0. The second-order valence-corrected chi connectivity index (χ2v) is 5.10. The number of hydrogen-bond donors (Lipinski definition) is 1. The molecule has 0 spiro atoms. The molecule has 4 aromatic rings. The Kier molecular flexibility index (Phi) is 3.09. The van der Waals surface area contributed by atoms with Crippen molar-refractivity contribution in [1.82, 2.24) is 9.78 Å². The van der Waals surface area contributed by atoms with Gasteiger partial charge in [-0.2, -0.15) is 0 Å². The summed E-state index contributed by atoms with van der Waals surface area (Å²) in [5, 5.41) is 9.27. The molecule has 3 heteroatoms. The lowest BCUT2D eigenvalue weighted by atomic mass is 10.2. The molecule has 4 rings (SSSR count). The highest BCUT2D eigenvalue weighted by Gasteiger charge is 2.11. The molecule has 0 aliphatic rings. The highest BCUT2D eigenvalue weighted by Crippen LogP contribution is 2.27. The molecule has 0 unspecified atom stereocenters. The van der Waals surface area contributed by atoms with Crippen LogP contribution >= 0.6 is 0 Å². The highest BCUT2D eigenvalue weighted by atomic mass is 15.3. The molecule has 106 valence electrons. The van der Waals surface area contributed by atoms with Crippen molar-refractivity contribution in [2.45, 2.75) is 0 Å². The molecule has 0 atom stereocenters. The monoisotopic (exact) mass is 285 g/mol. The molecule has 0 saturated carbocycles. The Balaban J connectivity index is 1.86. The van der Waals surface area contributed by atoms with Gasteiger partial charge in [-0.25, -0.2) is 4.68 Å². The summed E-state index contributed by atoms with van der Waals surface area (Å²) < 4.78 is 1.97. The van der Waals surface area contributed by atoms with Crippen molar-refractivity contribution in [2.75, 3.05) is 5.32 Å². The summed E-state index contributed by atoms with van der Waals surface area (Å²) in [6.45, 7) is 0. The Hall–Kier alpha value is -3.07. The molecule has 0 bridgehead atoms.